The van der Waals surface area contributed by atoms with Crippen molar-refractivity contribution in [3.63, 3.8) is 0 Å². The zero-order chi connectivity index (χ0) is 60.2. The van der Waals surface area contributed by atoms with Gasteiger partial charge in [0.15, 0.2) is 23.7 Å². The molecular weight excluding hydrogens is 1080 g/mol. The molecule has 2 aliphatic rings. The van der Waals surface area contributed by atoms with Crippen LogP contribution >= 0.6 is 15.9 Å². The summed E-state index contributed by atoms with van der Waals surface area (Å²) in [6.45, 7) is 21.1. The first kappa shape index (κ1) is 67.0. The van der Waals surface area contributed by atoms with Crippen molar-refractivity contribution in [1.29, 1.82) is 0 Å². The number of carbonyl (C=O) groups is 9. The number of esters is 1. The molecule has 80 heavy (non-hydrogen) atoms. The Balaban J connectivity index is 1.98. The van der Waals surface area contributed by atoms with Gasteiger partial charge in [0.1, 0.15) is 18.1 Å². The number of carbonyl (C=O) groups excluding carboxylic acids is 9. The Morgan fingerprint density at radius 1 is 0.650 bits per heavy atom. The van der Waals surface area contributed by atoms with Crippen molar-refractivity contribution >= 4 is 68.9 Å². The minimum absolute atomic E-state index is 0.000687. The molecule has 444 valence electrons. The van der Waals surface area contributed by atoms with E-state index in [1.54, 1.807) is 46.9 Å². The Hall–Kier alpha value is -5.49. The second-order valence-corrected chi connectivity index (χ2v) is 25.3. The first-order chi connectivity index (χ1) is 37.4. The first-order valence-electron chi connectivity index (χ1n) is 28.8. The molecule has 18 heteroatoms. The summed E-state index contributed by atoms with van der Waals surface area (Å²) in [4.78, 5) is 141. The quantitative estimate of drug-likeness (QED) is 0.190. The molecule has 2 heterocycles. The lowest BCUT2D eigenvalue weighted by atomic mass is 9.82. The molecule has 0 radical (unpaired) electrons. The van der Waals surface area contributed by atoms with E-state index in [2.05, 4.69) is 21.2 Å². The molecule has 0 aliphatic carbocycles. The lowest BCUT2D eigenvalue weighted by molar-refractivity contribution is -0.178. The number of cyclic esters (lactones) is 1. The summed E-state index contributed by atoms with van der Waals surface area (Å²) in [6.07, 6.45) is -0.0922. The third-order valence-corrected chi connectivity index (χ3v) is 17.1. The van der Waals surface area contributed by atoms with Crippen molar-refractivity contribution in [2.45, 2.75) is 189 Å². The molecule has 0 spiro atoms. The Morgan fingerprint density at radius 2 is 1.21 bits per heavy atom. The molecular formula is C62H93BrN6O11. The fraction of sp³-hybridized carbons (Fsp3) is 0.661. The fourth-order valence-electron chi connectivity index (χ4n) is 11.7. The highest BCUT2D eigenvalue weighted by molar-refractivity contribution is 9.10. The van der Waals surface area contributed by atoms with Gasteiger partial charge < -0.3 is 39.7 Å². The molecule has 4 rings (SSSR count). The zero-order valence-corrected chi connectivity index (χ0v) is 52.1. The van der Waals surface area contributed by atoms with E-state index in [4.69, 9.17) is 4.74 Å². The van der Waals surface area contributed by atoms with E-state index in [-0.39, 0.29) is 56.3 Å². The number of nitrogens with zero attached hydrogens (tertiary/aromatic N) is 5. The predicted octanol–water partition coefficient (Wildman–Crippen LogP) is 7.32. The number of ether oxygens (including phenoxy) is 1. The third-order valence-electron chi connectivity index (χ3n) is 16.5. The van der Waals surface area contributed by atoms with Gasteiger partial charge in [-0.15, -0.1) is 0 Å². The molecule has 0 bridgehead atoms. The van der Waals surface area contributed by atoms with Gasteiger partial charge in [0.25, 0.3) is 5.91 Å². The molecule has 2 aliphatic heterocycles. The number of ketones is 2. The molecule has 6 amide bonds. The Kier molecular flexibility index (Phi) is 24.7. The van der Waals surface area contributed by atoms with Gasteiger partial charge in [-0.05, 0) is 86.5 Å². The molecule has 11 atom stereocenters. The number of Topliss-reactive ketones (excluding diaryl/α,β-unsaturated/α-hetero) is 2. The van der Waals surface area contributed by atoms with Crippen LogP contribution in [0.5, 0.6) is 0 Å². The fourth-order valence-corrected chi connectivity index (χ4v) is 12.0. The first-order valence-corrected chi connectivity index (χ1v) is 29.6. The van der Waals surface area contributed by atoms with E-state index >= 15 is 9.59 Å². The highest BCUT2D eigenvalue weighted by Crippen LogP contribution is 2.32. The second kappa shape index (κ2) is 29.5. The molecule has 2 fully saturated rings. The number of fused-ring (bicyclic) bond motifs is 1. The minimum atomic E-state index is -1.94. The van der Waals surface area contributed by atoms with E-state index in [1.165, 1.54) is 54.6 Å². The average molecular weight is 1180 g/mol. The molecule has 2 saturated heterocycles. The van der Waals surface area contributed by atoms with Gasteiger partial charge in [0, 0.05) is 82.6 Å². The highest BCUT2D eigenvalue weighted by atomic mass is 79.9. The van der Waals surface area contributed by atoms with E-state index in [0.717, 1.165) is 14.9 Å². The van der Waals surface area contributed by atoms with E-state index < -0.39 is 125 Å². The van der Waals surface area contributed by atoms with Crippen molar-refractivity contribution in [2.75, 3.05) is 34.7 Å². The standard InChI is InChI=1S/C62H93BrN6O11/c1-17-39(9)45-35-49(70)47-25-22-30-69(47)59(76)48(33-42-26-28-44(63)29-27-42)65(13)58(75)46(32-41-23-20-19-21-24-41)64-55(72)52(38(7)8)67(15)60(77)53(40(10)18-2)80-61(78)54(62(11,12)79)68(16)56(73)43(31-36(3)4)34-50(71)51(37(5)6)66(14)57(45)74/h19-21,23-24,26-29,36-40,43,45-48,51-54,79H,17-18,22,25,30-35H2,1-16H3,(H,64,72)/t39?,40?,43-,45+,46+,47+,48+,51+,52+,53-,54-/m1/s1. The van der Waals surface area contributed by atoms with Crippen molar-refractivity contribution < 1.29 is 53.0 Å². The molecule has 2 aromatic rings. The highest BCUT2D eigenvalue weighted by Gasteiger charge is 2.48. The van der Waals surface area contributed by atoms with Gasteiger partial charge in [-0.2, -0.15) is 0 Å². The van der Waals surface area contributed by atoms with Gasteiger partial charge in [0.2, 0.25) is 29.5 Å². The van der Waals surface area contributed by atoms with E-state index in [9.17, 15) is 38.7 Å². The summed E-state index contributed by atoms with van der Waals surface area (Å²) >= 11 is 3.49. The van der Waals surface area contributed by atoms with Gasteiger partial charge >= 0.3 is 5.97 Å². The van der Waals surface area contributed by atoms with Gasteiger partial charge in [-0.1, -0.05) is 134 Å². The molecule has 0 saturated carbocycles. The Labute approximate surface area is 484 Å². The van der Waals surface area contributed by atoms with E-state index in [1.807, 2.05) is 84.0 Å². The van der Waals surface area contributed by atoms with Crippen LogP contribution in [0.3, 0.4) is 0 Å². The number of aliphatic hydroxyl groups is 1. The van der Waals surface area contributed by atoms with Crippen LogP contribution in [0, 0.1) is 41.4 Å². The third kappa shape index (κ3) is 16.8. The van der Waals surface area contributed by atoms with Crippen molar-refractivity contribution in [2.24, 2.45) is 41.4 Å². The van der Waals surface area contributed by atoms with Crippen molar-refractivity contribution in [1.82, 2.24) is 29.8 Å². The number of benzene rings is 2. The van der Waals surface area contributed by atoms with Crippen LogP contribution in [0.4, 0.5) is 0 Å². The number of nitrogens with one attached hydrogen (secondary N) is 1. The number of hydrogen-bond acceptors (Lipinski definition) is 11. The maximum Gasteiger partial charge on any atom is 0.332 e. The molecule has 17 nitrogen and oxygen atoms in total. The molecule has 0 aromatic heterocycles. The maximum absolute atomic E-state index is 15.4. The second-order valence-electron chi connectivity index (χ2n) is 24.4. The normalized spacial score (nSPS) is 26.5. The SMILES string of the molecule is CCC(C)[C@@H]1CC(=O)[C@@H]2CCCN2C(=O)[C@H](Cc2ccc(Br)cc2)N(C)C(=O)[C@H](Cc2ccccc2)NC(=O)[C@H](C(C)C)N(C)C(=O)[C@@H](C(C)CC)OC(=O)[C@H](C(C)(C)O)N(C)C(=O)[C@H](CC(C)C)CC(=O)[C@H](C(C)C)N(C)C1=O. The number of hydrogen-bond donors (Lipinski definition) is 2. The van der Waals surface area contributed by atoms with Crippen LogP contribution < -0.4 is 5.32 Å². The smallest absolute Gasteiger partial charge is 0.332 e. The van der Waals surface area contributed by atoms with Crippen LogP contribution in [0.25, 0.3) is 0 Å². The predicted molar refractivity (Wildman–Crippen MR) is 311 cm³/mol. The van der Waals surface area contributed by atoms with Crippen LogP contribution in [-0.2, 0) is 60.7 Å². The largest absolute Gasteiger partial charge is 0.450 e. The summed E-state index contributed by atoms with van der Waals surface area (Å²) in [6, 6.07) is 9.12. The van der Waals surface area contributed by atoms with Gasteiger partial charge in [-0.25, -0.2) is 4.79 Å². The number of halogens is 1. The van der Waals surface area contributed by atoms with Crippen molar-refractivity contribution in [3.8, 4) is 0 Å². The molecule has 2 unspecified atom stereocenters. The zero-order valence-electron chi connectivity index (χ0n) is 50.5. The lowest BCUT2D eigenvalue weighted by Crippen LogP contribution is -2.61. The summed E-state index contributed by atoms with van der Waals surface area (Å²) in [7, 11) is 5.82. The topological polar surface area (TPSA) is 211 Å². The molecule has 2 N–H and O–H groups in total. The van der Waals surface area contributed by atoms with Crippen LogP contribution in [0.2, 0.25) is 0 Å². The Morgan fingerprint density at radius 3 is 1.75 bits per heavy atom. The van der Waals surface area contributed by atoms with Crippen LogP contribution in [0.1, 0.15) is 139 Å². The molecule has 2 aromatic carbocycles. The lowest BCUT2D eigenvalue weighted by Gasteiger charge is -2.39. The van der Waals surface area contributed by atoms with E-state index in [0.29, 0.717) is 31.2 Å². The summed E-state index contributed by atoms with van der Waals surface area (Å²) in [5, 5.41) is 14.7. The number of rotatable bonds is 13. The van der Waals surface area contributed by atoms with Crippen LogP contribution in [0.15, 0.2) is 59.1 Å². The summed E-state index contributed by atoms with van der Waals surface area (Å²) < 4.78 is 6.93. The van der Waals surface area contributed by atoms with Gasteiger partial charge in [0.05, 0.1) is 17.7 Å². The maximum atomic E-state index is 15.4. The summed E-state index contributed by atoms with van der Waals surface area (Å²) in [5.41, 5.74) is -0.514. The Bertz CT molecular complexity index is 2480. The monoisotopic (exact) mass is 1180 g/mol. The van der Waals surface area contributed by atoms with Crippen LogP contribution in [-0.4, -0.2) is 165 Å². The van der Waals surface area contributed by atoms with Gasteiger partial charge in [-0.3, -0.25) is 38.4 Å². The minimum Gasteiger partial charge on any atom is -0.450 e. The number of likely N-dealkylation sites (N-methyl/N-ethyl adjacent to an activating group) is 4. The summed E-state index contributed by atoms with van der Waals surface area (Å²) in [5.74, 6) is -9.32. The van der Waals surface area contributed by atoms with Crippen molar-refractivity contribution in [3.05, 3.63) is 70.2 Å². The average Bonchev–Trinajstić information content (AvgIpc) is 3.90. The number of amides is 6.